The largest absolute Gasteiger partial charge is 0.497 e. The highest BCUT2D eigenvalue weighted by atomic mass is 16.5. The summed E-state index contributed by atoms with van der Waals surface area (Å²) in [4.78, 5) is 0. The van der Waals surface area contributed by atoms with Gasteiger partial charge in [0.1, 0.15) is 5.75 Å². The number of fused-ring (bicyclic) bond motifs is 1. The van der Waals surface area contributed by atoms with E-state index in [0.29, 0.717) is 5.92 Å². The molecule has 15 heavy (non-hydrogen) atoms. The van der Waals surface area contributed by atoms with E-state index in [2.05, 4.69) is 17.4 Å². The SMILES string of the molecule is COCC1CNc2cc(OC)ccc2C1. The van der Waals surface area contributed by atoms with Crippen molar-refractivity contribution < 1.29 is 9.47 Å². The predicted octanol–water partition coefficient (Wildman–Crippen LogP) is 1.93. The lowest BCUT2D eigenvalue weighted by Crippen LogP contribution is -2.26. The Balaban J connectivity index is 2.13. The van der Waals surface area contributed by atoms with E-state index in [1.807, 2.05) is 6.07 Å². The van der Waals surface area contributed by atoms with Crippen molar-refractivity contribution in [1.82, 2.24) is 0 Å². The van der Waals surface area contributed by atoms with Gasteiger partial charge in [-0.2, -0.15) is 0 Å². The van der Waals surface area contributed by atoms with Crippen LogP contribution < -0.4 is 10.1 Å². The molecular weight excluding hydrogens is 190 g/mol. The van der Waals surface area contributed by atoms with E-state index >= 15 is 0 Å². The van der Waals surface area contributed by atoms with E-state index in [4.69, 9.17) is 9.47 Å². The maximum atomic E-state index is 5.19. The minimum absolute atomic E-state index is 0.580. The second-order valence-corrected chi connectivity index (χ2v) is 3.93. The fourth-order valence-corrected chi connectivity index (χ4v) is 2.02. The quantitative estimate of drug-likeness (QED) is 0.821. The molecule has 1 aliphatic heterocycles. The van der Waals surface area contributed by atoms with Gasteiger partial charge < -0.3 is 14.8 Å². The Morgan fingerprint density at radius 2 is 2.27 bits per heavy atom. The van der Waals surface area contributed by atoms with Gasteiger partial charge >= 0.3 is 0 Å². The fourth-order valence-electron chi connectivity index (χ4n) is 2.02. The van der Waals surface area contributed by atoms with Crippen LogP contribution in [0.1, 0.15) is 5.56 Å². The number of methoxy groups -OCH3 is 2. The minimum Gasteiger partial charge on any atom is -0.497 e. The normalized spacial score (nSPS) is 19.2. The van der Waals surface area contributed by atoms with Crippen molar-refractivity contribution in [3.63, 3.8) is 0 Å². The van der Waals surface area contributed by atoms with Gasteiger partial charge in [-0.25, -0.2) is 0 Å². The lowest BCUT2D eigenvalue weighted by molar-refractivity contribution is 0.156. The van der Waals surface area contributed by atoms with Crippen LogP contribution in [0.2, 0.25) is 0 Å². The van der Waals surface area contributed by atoms with Crippen molar-refractivity contribution in [3.05, 3.63) is 23.8 Å². The van der Waals surface area contributed by atoms with E-state index in [9.17, 15) is 0 Å². The number of hydrogen-bond acceptors (Lipinski definition) is 3. The van der Waals surface area contributed by atoms with Crippen molar-refractivity contribution in [3.8, 4) is 5.75 Å². The predicted molar refractivity (Wildman–Crippen MR) is 60.6 cm³/mol. The van der Waals surface area contributed by atoms with Gasteiger partial charge in [-0.3, -0.25) is 0 Å². The van der Waals surface area contributed by atoms with Gasteiger partial charge in [-0.05, 0) is 18.1 Å². The third-order valence-corrected chi connectivity index (χ3v) is 2.81. The Morgan fingerprint density at radius 1 is 1.40 bits per heavy atom. The van der Waals surface area contributed by atoms with E-state index in [-0.39, 0.29) is 0 Å². The minimum atomic E-state index is 0.580. The average Bonchev–Trinajstić information content (AvgIpc) is 2.29. The molecule has 0 amide bonds. The van der Waals surface area contributed by atoms with Crippen molar-refractivity contribution in [2.75, 3.05) is 32.7 Å². The van der Waals surface area contributed by atoms with Gasteiger partial charge in [0, 0.05) is 31.3 Å². The second kappa shape index (κ2) is 4.53. The van der Waals surface area contributed by atoms with Gasteiger partial charge in [0.05, 0.1) is 13.7 Å². The molecule has 0 saturated carbocycles. The zero-order valence-corrected chi connectivity index (χ0v) is 9.25. The molecule has 0 aliphatic carbocycles. The first-order valence-corrected chi connectivity index (χ1v) is 5.23. The van der Waals surface area contributed by atoms with Gasteiger partial charge in [-0.1, -0.05) is 6.07 Å². The number of benzene rings is 1. The van der Waals surface area contributed by atoms with E-state index in [0.717, 1.165) is 25.3 Å². The second-order valence-electron chi connectivity index (χ2n) is 3.93. The lowest BCUT2D eigenvalue weighted by Gasteiger charge is -2.25. The molecule has 1 aromatic rings. The number of ether oxygens (including phenoxy) is 2. The zero-order valence-electron chi connectivity index (χ0n) is 9.25. The third-order valence-electron chi connectivity index (χ3n) is 2.81. The molecule has 2 rings (SSSR count). The Kier molecular flexibility index (Phi) is 3.11. The van der Waals surface area contributed by atoms with Crippen molar-refractivity contribution in [1.29, 1.82) is 0 Å². The van der Waals surface area contributed by atoms with Crippen LogP contribution in [0, 0.1) is 5.92 Å². The summed E-state index contributed by atoms with van der Waals surface area (Å²) in [6, 6.07) is 6.19. The van der Waals surface area contributed by atoms with E-state index < -0.39 is 0 Å². The van der Waals surface area contributed by atoms with Crippen LogP contribution in [0.5, 0.6) is 5.75 Å². The summed E-state index contributed by atoms with van der Waals surface area (Å²) in [6.07, 6.45) is 1.08. The number of anilines is 1. The molecule has 3 nitrogen and oxygen atoms in total. The van der Waals surface area contributed by atoms with Crippen molar-refractivity contribution in [2.45, 2.75) is 6.42 Å². The highest BCUT2D eigenvalue weighted by molar-refractivity contribution is 5.56. The van der Waals surface area contributed by atoms with Crippen molar-refractivity contribution in [2.24, 2.45) is 5.92 Å². The monoisotopic (exact) mass is 207 g/mol. The van der Waals surface area contributed by atoms with Crippen LogP contribution in [0.3, 0.4) is 0 Å². The van der Waals surface area contributed by atoms with Crippen LogP contribution in [0.15, 0.2) is 18.2 Å². The Morgan fingerprint density at radius 3 is 3.00 bits per heavy atom. The van der Waals surface area contributed by atoms with Gasteiger partial charge in [0.25, 0.3) is 0 Å². The van der Waals surface area contributed by atoms with Crippen LogP contribution >= 0.6 is 0 Å². The molecule has 0 fully saturated rings. The third kappa shape index (κ3) is 2.23. The molecule has 0 spiro atoms. The summed E-state index contributed by atoms with van der Waals surface area (Å²) in [5.74, 6) is 1.49. The van der Waals surface area contributed by atoms with E-state index in [1.165, 1.54) is 11.3 Å². The van der Waals surface area contributed by atoms with Crippen LogP contribution in [0.25, 0.3) is 0 Å². The smallest absolute Gasteiger partial charge is 0.120 e. The molecule has 82 valence electrons. The summed E-state index contributed by atoms with van der Waals surface area (Å²) < 4.78 is 10.4. The molecule has 1 N–H and O–H groups in total. The fraction of sp³-hybridized carbons (Fsp3) is 0.500. The topological polar surface area (TPSA) is 30.5 Å². The van der Waals surface area contributed by atoms with Crippen LogP contribution in [0.4, 0.5) is 5.69 Å². The Labute approximate surface area is 90.4 Å². The maximum Gasteiger partial charge on any atom is 0.120 e. The first-order chi connectivity index (χ1) is 7.33. The summed E-state index contributed by atoms with van der Waals surface area (Å²) in [5.41, 5.74) is 2.55. The molecule has 1 heterocycles. The molecule has 1 unspecified atom stereocenters. The number of hydrogen-bond donors (Lipinski definition) is 1. The Bertz CT molecular complexity index is 338. The lowest BCUT2D eigenvalue weighted by atomic mass is 9.94. The van der Waals surface area contributed by atoms with E-state index in [1.54, 1.807) is 14.2 Å². The molecule has 1 aliphatic rings. The highest BCUT2D eigenvalue weighted by Gasteiger charge is 2.18. The maximum absolute atomic E-state index is 5.19. The van der Waals surface area contributed by atoms with Gasteiger partial charge in [0.2, 0.25) is 0 Å². The molecule has 0 saturated heterocycles. The Hall–Kier alpha value is -1.22. The first kappa shape index (κ1) is 10.3. The molecule has 3 heteroatoms. The molecule has 1 aromatic carbocycles. The first-order valence-electron chi connectivity index (χ1n) is 5.23. The van der Waals surface area contributed by atoms with Gasteiger partial charge in [-0.15, -0.1) is 0 Å². The highest BCUT2D eigenvalue weighted by Crippen LogP contribution is 2.28. The molecule has 0 aromatic heterocycles. The number of nitrogens with one attached hydrogen (secondary N) is 1. The molecule has 0 radical (unpaired) electrons. The van der Waals surface area contributed by atoms with Gasteiger partial charge in [0.15, 0.2) is 0 Å². The summed E-state index contributed by atoms with van der Waals surface area (Å²) >= 11 is 0. The molecular formula is C12H17NO2. The standard InChI is InChI=1S/C12H17NO2/c1-14-8-9-5-10-3-4-11(15-2)6-12(10)13-7-9/h3-4,6,9,13H,5,7-8H2,1-2H3. The van der Waals surface area contributed by atoms with Crippen molar-refractivity contribution >= 4 is 5.69 Å². The summed E-state index contributed by atoms with van der Waals surface area (Å²) in [6.45, 7) is 1.80. The average molecular weight is 207 g/mol. The van der Waals surface area contributed by atoms with Crippen LogP contribution in [-0.2, 0) is 11.2 Å². The molecule has 0 bridgehead atoms. The summed E-state index contributed by atoms with van der Waals surface area (Å²) in [7, 11) is 3.45. The summed E-state index contributed by atoms with van der Waals surface area (Å²) in [5, 5.41) is 3.41. The zero-order chi connectivity index (χ0) is 10.7. The molecule has 1 atom stereocenters. The number of rotatable bonds is 3. The van der Waals surface area contributed by atoms with Crippen LogP contribution in [-0.4, -0.2) is 27.4 Å².